The zero-order valence-corrected chi connectivity index (χ0v) is 22.3. The first kappa shape index (κ1) is 29.5. The van der Waals surface area contributed by atoms with Crippen molar-refractivity contribution in [3.63, 3.8) is 0 Å². The van der Waals surface area contributed by atoms with Gasteiger partial charge in [0.15, 0.2) is 9.84 Å². The lowest BCUT2D eigenvalue weighted by Gasteiger charge is -2.21. The monoisotopic (exact) mass is 576 g/mol. The van der Waals surface area contributed by atoms with Gasteiger partial charge in [-0.15, -0.1) is 13.2 Å². The van der Waals surface area contributed by atoms with Crippen molar-refractivity contribution in [2.75, 3.05) is 24.6 Å². The summed E-state index contributed by atoms with van der Waals surface area (Å²) in [5.41, 5.74) is 6.03. The maximum Gasteiger partial charge on any atom is 0.573 e. The summed E-state index contributed by atoms with van der Waals surface area (Å²) in [4.78, 5) is 26.0. The van der Waals surface area contributed by atoms with E-state index in [9.17, 15) is 31.2 Å². The van der Waals surface area contributed by atoms with Crippen molar-refractivity contribution in [3.05, 3.63) is 52.0 Å². The number of hydrogen-bond acceptors (Lipinski definition) is 7. The summed E-state index contributed by atoms with van der Waals surface area (Å²) in [6.07, 6.45) is -4.39. The van der Waals surface area contributed by atoms with Crippen LogP contribution in [0.15, 0.2) is 35.2 Å². The molecule has 1 aliphatic rings. The Kier molecular flexibility index (Phi) is 9.16. The van der Waals surface area contributed by atoms with Crippen molar-refractivity contribution in [2.45, 2.75) is 50.7 Å². The summed E-state index contributed by atoms with van der Waals surface area (Å²) in [5, 5.41) is 5.52. The topological polar surface area (TPSA) is 131 Å². The predicted octanol–water partition coefficient (Wildman–Crippen LogP) is 3.25. The molecule has 3 rings (SSSR count). The zero-order valence-electron chi connectivity index (χ0n) is 20.7. The number of anilines is 1. The standard InChI is InChI=1S/C24H28ClF3N4O5S/c1-3-38(35,36)22-5-4-17(25)8-15(22)11-30-23(34)19-10-21(37-24(26,27)28)16(9-20(19)29)12-32-7-6-18(13-32)31-14(2)33/h4-5,8-10,18H,3,6-7,11-13,29H2,1-2H3,(H,30,34)(H,31,33)/t18-/m0/s1. The van der Waals surface area contributed by atoms with E-state index in [4.69, 9.17) is 17.3 Å². The second-order valence-electron chi connectivity index (χ2n) is 8.85. The van der Waals surface area contributed by atoms with E-state index in [1.165, 1.54) is 38.1 Å². The summed E-state index contributed by atoms with van der Waals surface area (Å²) in [6, 6.07) is 6.15. The lowest BCUT2D eigenvalue weighted by molar-refractivity contribution is -0.275. The van der Waals surface area contributed by atoms with Gasteiger partial charge in [-0.05, 0) is 42.3 Å². The average Bonchev–Trinajstić information content (AvgIpc) is 3.24. The van der Waals surface area contributed by atoms with Crippen LogP contribution in [-0.2, 0) is 27.7 Å². The minimum Gasteiger partial charge on any atom is -0.405 e. The first-order valence-electron chi connectivity index (χ1n) is 11.7. The Morgan fingerprint density at radius 2 is 1.92 bits per heavy atom. The quantitative estimate of drug-likeness (QED) is 0.391. The minimum atomic E-state index is -5.02. The molecule has 1 aliphatic heterocycles. The predicted molar refractivity (Wildman–Crippen MR) is 135 cm³/mol. The van der Waals surface area contributed by atoms with Crippen LogP contribution >= 0.6 is 11.6 Å². The van der Waals surface area contributed by atoms with Gasteiger partial charge in [-0.3, -0.25) is 14.5 Å². The molecule has 0 unspecified atom stereocenters. The van der Waals surface area contributed by atoms with Crippen LogP contribution in [0.25, 0.3) is 0 Å². The first-order chi connectivity index (χ1) is 17.7. The number of amides is 2. The van der Waals surface area contributed by atoms with Crippen LogP contribution in [0.5, 0.6) is 5.75 Å². The summed E-state index contributed by atoms with van der Waals surface area (Å²) < 4.78 is 68.6. The van der Waals surface area contributed by atoms with Crippen LogP contribution in [0.2, 0.25) is 5.02 Å². The van der Waals surface area contributed by atoms with Gasteiger partial charge in [0, 0.05) is 55.4 Å². The first-order valence-corrected chi connectivity index (χ1v) is 13.7. The van der Waals surface area contributed by atoms with Crippen molar-refractivity contribution in [1.82, 2.24) is 15.5 Å². The number of nitrogens with two attached hydrogens (primary N) is 1. The van der Waals surface area contributed by atoms with Crippen LogP contribution in [0, 0.1) is 0 Å². The smallest absolute Gasteiger partial charge is 0.405 e. The molecule has 2 aromatic carbocycles. The lowest BCUT2D eigenvalue weighted by atomic mass is 10.1. The second kappa shape index (κ2) is 11.8. The second-order valence-corrected chi connectivity index (χ2v) is 11.5. The molecular weight excluding hydrogens is 549 g/mol. The van der Waals surface area contributed by atoms with E-state index < -0.39 is 27.9 Å². The van der Waals surface area contributed by atoms with Gasteiger partial charge < -0.3 is 21.1 Å². The molecule has 38 heavy (non-hydrogen) atoms. The lowest BCUT2D eigenvalue weighted by Crippen LogP contribution is -2.35. The highest BCUT2D eigenvalue weighted by Gasteiger charge is 2.34. The van der Waals surface area contributed by atoms with Gasteiger partial charge in [-0.2, -0.15) is 0 Å². The number of nitrogen functional groups attached to an aromatic ring is 1. The molecule has 9 nitrogen and oxygen atoms in total. The highest BCUT2D eigenvalue weighted by atomic mass is 35.5. The highest BCUT2D eigenvalue weighted by Crippen LogP contribution is 2.32. The van der Waals surface area contributed by atoms with E-state index in [2.05, 4.69) is 15.4 Å². The molecule has 4 N–H and O–H groups in total. The van der Waals surface area contributed by atoms with Crippen molar-refractivity contribution in [1.29, 1.82) is 0 Å². The maximum absolute atomic E-state index is 13.2. The normalized spacial score (nSPS) is 16.3. The molecule has 0 aromatic heterocycles. The van der Waals surface area contributed by atoms with E-state index in [0.29, 0.717) is 19.5 Å². The summed E-state index contributed by atoms with van der Waals surface area (Å²) in [6.45, 7) is 3.60. The van der Waals surface area contributed by atoms with Gasteiger partial charge >= 0.3 is 6.36 Å². The Labute approximate surface area is 223 Å². The number of alkyl halides is 3. The maximum atomic E-state index is 13.2. The average molecular weight is 577 g/mol. The third-order valence-corrected chi connectivity index (χ3v) is 8.02. The molecule has 14 heteroatoms. The van der Waals surface area contributed by atoms with E-state index in [0.717, 1.165) is 6.07 Å². The number of carbonyl (C=O) groups excluding carboxylic acids is 2. The molecule has 0 aliphatic carbocycles. The number of nitrogens with zero attached hydrogens (tertiary/aromatic N) is 1. The number of rotatable bonds is 9. The number of halogens is 4. The number of likely N-dealkylation sites (tertiary alicyclic amines) is 1. The minimum absolute atomic E-state index is 0.0164. The molecule has 0 saturated carbocycles. The van der Waals surface area contributed by atoms with Crippen LogP contribution in [-0.4, -0.2) is 56.4 Å². The number of hydrogen-bond donors (Lipinski definition) is 3. The van der Waals surface area contributed by atoms with E-state index in [1.807, 2.05) is 4.90 Å². The molecular formula is C24H28ClF3N4O5S. The largest absolute Gasteiger partial charge is 0.573 e. The molecule has 0 bridgehead atoms. The van der Waals surface area contributed by atoms with E-state index in [-0.39, 0.29) is 63.1 Å². The SMILES string of the molecule is CCS(=O)(=O)c1ccc(Cl)cc1CNC(=O)c1cc(OC(F)(F)F)c(CN2CC[C@H](NC(C)=O)C2)cc1N. The van der Waals surface area contributed by atoms with Gasteiger partial charge in [0.1, 0.15) is 5.75 Å². The summed E-state index contributed by atoms with van der Waals surface area (Å²) in [7, 11) is -3.63. The molecule has 0 spiro atoms. The Bertz CT molecular complexity index is 1320. The molecule has 208 valence electrons. The Hall–Kier alpha value is -3.03. The van der Waals surface area contributed by atoms with Crippen molar-refractivity contribution in [3.8, 4) is 5.75 Å². The van der Waals surface area contributed by atoms with Crippen LogP contribution in [0.4, 0.5) is 18.9 Å². The van der Waals surface area contributed by atoms with Gasteiger partial charge in [0.05, 0.1) is 16.2 Å². The molecule has 2 aromatic rings. The molecule has 2 amide bonds. The summed E-state index contributed by atoms with van der Waals surface area (Å²) in [5.74, 6) is -1.79. The van der Waals surface area contributed by atoms with Crippen LogP contribution in [0.3, 0.4) is 0 Å². The van der Waals surface area contributed by atoms with E-state index >= 15 is 0 Å². The Morgan fingerprint density at radius 3 is 2.55 bits per heavy atom. The number of sulfone groups is 1. The van der Waals surface area contributed by atoms with Crippen LogP contribution < -0.4 is 21.1 Å². The molecule has 1 atom stereocenters. The fraction of sp³-hybridized carbons (Fsp3) is 0.417. The van der Waals surface area contributed by atoms with Gasteiger partial charge in [-0.1, -0.05) is 18.5 Å². The molecule has 1 heterocycles. The third kappa shape index (κ3) is 7.74. The fourth-order valence-corrected chi connectivity index (χ4v) is 5.53. The fourth-order valence-electron chi connectivity index (χ4n) is 4.22. The highest BCUT2D eigenvalue weighted by molar-refractivity contribution is 7.91. The van der Waals surface area contributed by atoms with Gasteiger partial charge in [-0.25, -0.2) is 8.42 Å². The van der Waals surface area contributed by atoms with Gasteiger partial charge in [0.25, 0.3) is 5.91 Å². The zero-order chi connectivity index (χ0) is 28.3. The molecule has 1 fully saturated rings. The Balaban J connectivity index is 1.84. The number of ether oxygens (including phenoxy) is 1. The van der Waals surface area contributed by atoms with Gasteiger partial charge in [0.2, 0.25) is 5.91 Å². The van der Waals surface area contributed by atoms with E-state index in [1.54, 1.807) is 0 Å². The molecule has 0 radical (unpaired) electrons. The van der Waals surface area contributed by atoms with Crippen molar-refractivity contribution < 1.29 is 35.9 Å². The van der Waals surface area contributed by atoms with Crippen LogP contribution in [0.1, 0.15) is 41.8 Å². The Morgan fingerprint density at radius 1 is 1.21 bits per heavy atom. The third-order valence-electron chi connectivity index (χ3n) is 5.95. The summed E-state index contributed by atoms with van der Waals surface area (Å²) >= 11 is 6.00. The van der Waals surface area contributed by atoms with Crippen molar-refractivity contribution in [2.24, 2.45) is 0 Å². The number of nitrogens with one attached hydrogen (secondary N) is 2. The number of carbonyl (C=O) groups is 2. The molecule has 1 saturated heterocycles. The van der Waals surface area contributed by atoms with Crippen molar-refractivity contribution >= 4 is 38.9 Å². The number of benzene rings is 2.